The molecule has 0 saturated carbocycles. The van der Waals surface area contributed by atoms with Crippen molar-refractivity contribution in [2.24, 2.45) is 0 Å². The van der Waals surface area contributed by atoms with Crippen molar-refractivity contribution in [3.63, 3.8) is 0 Å². The molecule has 0 heterocycles. The molecule has 0 aliphatic rings. The van der Waals surface area contributed by atoms with Gasteiger partial charge in [0.2, 0.25) is 94.5 Å². The lowest BCUT2D eigenvalue weighted by atomic mass is 10.2. The molecular weight excluding hydrogens is 1450 g/mol. The number of rotatable bonds is 63. The normalized spacial score (nSPS) is 10.8. The van der Waals surface area contributed by atoms with E-state index in [0.29, 0.717) is 32.5 Å². The SMILES string of the molecule is CCCN(CCN(CCN(CCN(CCN(CCN(CCN(CCN(CCN(CCN(CCN(CCN(CCN(CCN(CCN(CCNC(=O)CC)C(=O)CC)C(=O)CC)C(=O)CC)C(=O)CC)C(=O)CC)C(=O)CC)C(=O)CC)C(=O)CC)C(=O)CC)C(=O)CC)C(=O)CC)C(=O)CC)C(=O)CC)C(=O)CC)C(=O)CC. The molecule has 0 unspecified atom stereocenters. The summed E-state index contributed by atoms with van der Waals surface area (Å²) >= 11 is 0. The van der Waals surface area contributed by atoms with Crippen molar-refractivity contribution in [3.8, 4) is 0 Å². The fourth-order valence-electron chi connectivity index (χ4n) is 12.9. The first-order valence-corrected chi connectivity index (χ1v) is 42.4. The lowest BCUT2D eigenvalue weighted by Crippen LogP contribution is -2.50. The van der Waals surface area contributed by atoms with Gasteiger partial charge < -0.3 is 78.8 Å². The molecule has 0 bridgehead atoms. The van der Waals surface area contributed by atoms with Crippen molar-refractivity contribution in [1.82, 2.24) is 78.8 Å². The quantitative estimate of drug-likeness (QED) is 0.0876. The second-order valence-electron chi connectivity index (χ2n) is 27.7. The lowest BCUT2D eigenvalue weighted by molar-refractivity contribution is -0.139. The molecule has 0 aliphatic heterocycles. The van der Waals surface area contributed by atoms with Gasteiger partial charge in [0.05, 0.1) is 0 Å². The zero-order chi connectivity index (χ0) is 85.5. The van der Waals surface area contributed by atoms with Crippen molar-refractivity contribution in [3.05, 3.63) is 0 Å². The van der Waals surface area contributed by atoms with Crippen LogP contribution in [0.5, 0.6) is 0 Å². The Morgan fingerprint density at radius 3 is 0.327 bits per heavy atom. The van der Waals surface area contributed by atoms with Crippen LogP contribution in [0.1, 0.15) is 227 Å². The monoisotopic (exact) mass is 1600 g/mol. The fourth-order valence-corrected chi connectivity index (χ4v) is 12.9. The number of carbonyl (C=O) groups is 16. The van der Waals surface area contributed by atoms with Gasteiger partial charge in [-0.25, -0.2) is 0 Å². The van der Waals surface area contributed by atoms with Crippen LogP contribution in [0.4, 0.5) is 0 Å². The number of nitrogens with one attached hydrogen (secondary N) is 1. The maximum absolute atomic E-state index is 13.7. The van der Waals surface area contributed by atoms with E-state index in [4.69, 9.17) is 0 Å². The van der Waals surface area contributed by atoms with E-state index in [-0.39, 0.29) is 368 Å². The Bertz CT molecular complexity index is 2940. The van der Waals surface area contributed by atoms with Crippen LogP contribution < -0.4 is 5.32 Å². The predicted octanol–water partition coefficient (Wildman–Crippen LogP) is 4.50. The van der Waals surface area contributed by atoms with E-state index >= 15 is 0 Å². The van der Waals surface area contributed by atoms with Crippen molar-refractivity contribution in [2.75, 3.05) is 203 Å². The van der Waals surface area contributed by atoms with Gasteiger partial charge in [0.1, 0.15) is 0 Å². The van der Waals surface area contributed by atoms with Gasteiger partial charge in [0, 0.05) is 306 Å². The summed E-state index contributed by atoms with van der Waals surface area (Å²) in [6.07, 6.45) is 3.77. The highest BCUT2D eigenvalue weighted by Crippen LogP contribution is 2.12. The highest BCUT2D eigenvalue weighted by Gasteiger charge is 2.29. The summed E-state index contributed by atoms with van der Waals surface area (Å²) in [5, 5.41) is 2.79. The first-order valence-electron chi connectivity index (χ1n) is 42.4. The summed E-state index contributed by atoms with van der Waals surface area (Å²) < 4.78 is 0. The fraction of sp³-hybridized carbons (Fsp3) is 0.802. The smallest absolute Gasteiger partial charge is 0.222 e. The van der Waals surface area contributed by atoms with E-state index in [1.54, 1.807) is 184 Å². The molecule has 0 fully saturated rings. The van der Waals surface area contributed by atoms with Gasteiger partial charge in [0.15, 0.2) is 0 Å². The van der Waals surface area contributed by atoms with Crippen LogP contribution in [0.25, 0.3) is 0 Å². The summed E-state index contributed by atoms with van der Waals surface area (Å²) in [7, 11) is 0. The third kappa shape index (κ3) is 40.4. The van der Waals surface area contributed by atoms with Gasteiger partial charge in [-0.3, -0.25) is 76.7 Å². The molecule has 0 radical (unpaired) electrons. The molecule has 0 aliphatic carbocycles. The van der Waals surface area contributed by atoms with E-state index in [2.05, 4.69) is 5.32 Å². The van der Waals surface area contributed by atoms with Crippen LogP contribution in [0.3, 0.4) is 0 Å². The highest BCUT2D eigenvalue weighted by molar-refractivity contribution is 5.83. The maximum Gasteiger partial charge on any atom is 0.222 e. The molecule has 0 aromatic carbocycles. The first kappa shape index (κ1) is 105. The largest absolute Gasteiger partial charge is 0.354 e. The van der Waals surface area contributed by atoms with Crippen molar-refractivity contribution in [2.45, 2.75) is 227 Å². The Balaban J connectivity index is 6.45. The van der Waals surface area contributed by atoms with E-state index in [0.717, 1.165) is 6.42 Å². The van der Waals surface area contributed by atoms with Crippen LogP contribution in [-0.4, -0.2) is 371 Å². The van der Waals surface area contributed by atoms with Crippen molar-refractivity contribution in [1.29, 1.82) is 0 Å². The summed E-state index contributed by atoms with van der Waals surface area (Å²) in [6, 6.07) is 0. The van der Waals surface area contributed by atoms with E-state index in [9.17, 15) is 76.7 Å². The van der Waals surface area contributed by atoms with Crippen molar-refractivity contribution < 1.29 is 76.7 Å². The molecular formula is C81H148N16O16. The standard InChI is InChI=1S/C81H148N16O16/c1-18-36-83(67(99)20-3)38-40-85(69(101)22-5)42-44-87(71(103)24-7)46-48-89(73(105)26-9)50-52-91(75(107)28-11)54-56-93(77(109)30-13)58-60-95(79(111)32-15)62-64-97(81(113)34-17)65-63-96(80(112)33-16)61-59-94(78(110)31-14)57-55-92(76(108)29-12)53-51-90(74(106)27-10)49-47-88(72(104)25-8)45-43-86(70(102)23-6)41-39-84(68(100)21-4)37-35-82-66(98)19-2/h18-65H2,1-17H3,(H,82,98). The molecule has 0 atom stereocenters. The third-order valence-electron chi connectivity index (χ3n) is 20.3. The van der Waals surface area contributed by atoms with Crippen molar-refractivity contribution >= 4 is 94.5 Å². The maximum atomic E-state index is 13.7. The Morgan fingerprint density at radius 1 is 0.142 bits per heavy atom. The van der Waals surface area contributed by atoms with Gasteiger partial charge in [-0.2, -0.15) is 0 Å². The minimum Gasteiger partial charge on any atom is -0.354 e. The molecule has 32 heteroatoms. The van der Waals surface area contributed by atoms with Gasteiger partial charge in [-0.05, 0) is 6.42 Å². The number of nitrogens with zero attached hydrogens (tertiary/aromatic N) is 15. The summed E-state index contributed by atoms with van der Waals surface area (Å²) in [6.45, 7) is 35.3. The Morgan fingerprint density at radius 2 is 0.239 bits per heavy atom. The molecule has 648 valence electrons. The Labute approximate surface area is 676 Å². The zero-order valence-electron chi connectivity index (χ0n) is 72.7. The Kier molecular flexibility index (Phi) is 56.5. The third-order valence-corrected chi connectivity index (χ3v) is 20.3. The van der Waals surface area contributed by atoms with Gasteiger partial charge in [0.25, 0.3) is 0 Å². The number of hydrogen-bond donors (Lipinski definition) is 1. The number of amides is 16. The van der Waals surface area contributed by atoms with Crippen LogP contribution in [-0.2, 0) is 76.7 Å². The molecule has 0 saturated heterocycles. The number of hydrogen-bond acceptors (Lipinski definition) is 16. The zero-order valence-corrected chi connectivity index (χ0v) is 72.7. The predicted molar refractivity (Wildman–Crippen MR) is 437 cm³/mol. The molecule has 113 heavy (non-hydrogen) atoms. The first-order chi connectivity index (χ1) is 53.9. The highest BCUT2D eigenvalue weighted by atomic mass is 16.2. The molecule has 1 N–H and O–H groups in total. The van der Waals surface area contributed by atoms with Crippen LogP contribution >= 0.6 is 0 Å². The average Bonchev–Trinajstić information content (AvgIpc) is 0.889. The van der Waals surface area contributed by atoms with Crippen LogP contribution in [0.15, 0.2) is 0 Å². The van der Waals surface area contributed by atoms with E-state index < -0.39 is 0 Å². The molecule has 32 nitrogen and oxygen atoms in total. The van der Waals surface area contributed by atoms with E-state index in [1.165, 1.54) is 0 Å². The average molecular weight is 1600 g/mol. The Hall–Kier alpha value is -8.48. The minimum absolute atomic E-state index is 0.00394. The summed E-state index contributed by atoms with van der Waals surface area (Å²) in [5.41, 5.74) is 0. The summed E-state index contributed by atoms with van der Waals surface area (Å²) in [5.74, 6) is -2.74. The topological polar surface area (TPSA) is 334 Å². The van der Waals surface area contributed by atoms with Gasteiger partial charge in [-0.1, -0.05) is 118 Å². The second-order valence-corrected chi connectivity index (χ2v) is 27.7. The van der Waals surface area contributed by atoms with E-state index in [1.807, 2.05) is 6.92 Å². The number of carbonyl (C=O) groups excluding carboxylic acids is 16. The lowest BCUT2D eigenvalue weighted by Gasteiger charge is -2.34. The molecule has 0 aromatic heterocycles. The summed E-state index contributed by atoms with van der Waals surface area (Å²) in [4.78, 5) is 238. The van der Waals surface area contributed by atoms with Gasteiger partial charge in [-0.15, -0.1) is 0 Å². The molecule has 16 amide bonds. The molecule has 0 aromatic rings. The second kappa shape index (κ2) is 61.0. The van der Waals surface area contributed by atoms with Crippen LogP contribution in [0, 0.1) is 0 Å². The molecule has 0 spiro atoms. The van der Waals surface area contributed by atoms with Crippen LogP contribution in [0.2, 0.25) is 0 Å². The minimum atomic E-state index is -0.220. The van der Waals surface area contributed by atoms with Gasteiger partial charge >= 0.3 is 0 Å². The molecule has 0 rings (SSSR count).